The number of carbonyl (C=O) groups is 1. The Hall–Kier alpha value is -1.66. The molecule has 0 saturated carbocycles. The van der Waals surface area contributed by atoms with Crippen molar-refractivity contribution in [3.05, 3.63) is 39.4 Å². The number of non-ortho nitro benzene ring substituents is 1. The number of nitro benzene ring substituents is 1. The first kappa shape index (κ1) is 15.7. The summed E-state index contributed by atoms with van der Waals surface area (Å²) in [7, 11) is 0. The molecule has 2 heterocycles. The molecule has 2 aliphatic rings. The van der Waals surface area contributed by atoms with Gasteiger partial charge in [0.05, 0.1) is 4.92 Å². The van der Waals surface area contributed by atoms with Gasteiger partial charge in [-0.2, -0.15) is 0 Å². The molecule has 1 amide bonds. The van der Waals surface area contributed by atoms with E-state index in [0.29, 0.717) is 17.4 Å². The summed E-state index contributed by atoms with van der Waals surface area (Å²) in [5.41, 5.74) is 1.21. The van der Waals surface area contributed by atoms with Gasteiger partial charge in [0, 0.05) is 43.9 Å². The van der Waals surface area contributed by atoms with Crippen LogP contribution in [0.5, 0.6) is 0 Å². The lowest BCUT2D eigenvalue weighted by Crippen LogP contribution is -2.32. The Kier molecular flexibility index (Phi) is 4.49. The first-order chi connectivity index (χ1) is 9.56. The Labute approximate surface area is 129 Å². The predicted molar refractivity (Wildman–Crippen MR) is 80.8 cm³/mol. The van der Waals surface area contributed by atoms with Crippen LogP contribution in [0.3, 0.4) is 0 Å². The van der Waals surface area contributed by atoms with Crippen molar-refractivity contribution in [1.82, 2.24) is 10.2 Å². The summed E-state index contributed by atoms with van der Waals surface area (Å²) in [5, 5.41) is 14.2. The number of hydrogen-bond donors (Lipinski definition) is 1. The third-order valence-electron chi connectivity index (χ3n) is 4.34. The summed E-state index contributed by atoms with van der Waals surface area (Å²) in [5.74, 6) is 0.969. The Morgan fingerprint density at radius 2 is 1.95 bits per heavy atom. The lowest BCUT2D eigenvalue weighted by molar-refractivity contribution is -0.384. The molecule has 2 aliphatic heterocycles. The number of aryl methyl sites for hydroxylation is 1. The van der Waals surface area contributed by atoms with Gasteiger partial charge in [-0.15, -0.1) is 12.4 Å². The minimum absolute atomic E-state index is 0. The zero-order valence-corrected chi connectivity index (χ0v) is 12.6. The van der Waals surface area contributed by atoms with Crippen molar-refractivity contribution in [1.29, 1.82) is 0 Å². The van der Waals surface area contributed by atoms with Crippen molar-refractivity contribution < 1.29 is 9.72 Å². The minimum Gasteiger partial charge on any atom is -0.338 e. The number of carbonyl (C=O) groups excluding carboxylic acids is 1. The fourth-order valence-corrected chi connectivity index (χ4v) is 3.15. The van der Waals surface area contributed by atoms with E-state index in [1.807, 2.05) is 11.8 Å². The number of nitrogens with one attached hydrogen (secondary N) is 1. The van der Waals surface area contributed by atoms with Crippen LogP contribution in [-0.2, 0) is 0 Å². The molecule has 2 saturated heterocycles. The number of nitrogens with zero attached hydrogens (tertiary/aromatic N) is 2. The third-order valence-corrected chi connectivity index (χ3v) is 4.34. The SMILES string of the molecule is Cc1ccc([N+](=O)[O-])cc1C(=O)N1C[C@H]2CNC[C@H]2C1.Cl. The second-order valence-electron chi connectivity index (χ2n) is 5.64. The van der Waals surface area contributed by atoms with Crippen molar-refractivity contribution in [2.75, 3.05) is 26.2 Å². The van der Waals surface area contributed by atoms with E-state index in [2.05, 4.69) is 5.32 Å². The Morgan fingerprint density at radius 1 is 1.33 bits per heavy atom. The summed E-state index contributed by atoms with van der Waals surface area (Å²) in [6.07, 6.45) is 0. The standard InChI is InChI=1S/C14H17N3O3.ClH/c1-9-2-3-12(17(19)20)4-13(9)14(18)16-7-10-5-15-6-11(10)8-16;/h2-4,10-11,15H,5-8H2,1H3;1H/t10-,11+;. The lowest BCUT2D eigenvalue weighted by atomic mass is 10.0. The van der Waals surface area contributed by atoms with Gasteiger partial charge >= 0.3 is 0 Å². The topological polar surface area (TPSA) is 75.5 Å². The number of halogens is 1. The normalized spacial score (nSPS) is 23.6. The number of amides is 1. The molecule has 114 valence electrons. The minimum atomic E-state index is -0.459. The first-order valence-electron chi connectivity index (χ1n) is 6.81. The van der Waals surface area contributed by atoms with E-state index in [1.54, 1.807) is 6.07 Å². The second kappa shape index (κ2) is 5.99. The van der Waals surface area contributed by atoms with Crippen molar-refractivity contribution in [2.24, 2.45) is 11.8 Å². The molecule has 0 bridgehead atoms. The van der Waals surface area contributed by atoms with Crippen molar-refractivity contribution >= 4 is 24.0 Å². The average molecular weight is 312 g/mol. The molecule has 0 radical (unpaired) electrons. The molecular formula is C14H18ClN3O3. The van der Waals surface area contributed by atoms with Crippen LogP contribution in [0.1, 0.15) is 15.9 Å². The summed E-state index contributed by atoms with van der Waals surface area (Å²) in [6, 6.07) is 4.47. The molecular weight excluding hydrogens is 294 g/mol. The zero-order valence-electron chi connectivity index (χ0n) is 11.7. The fourth-order valence-electron chi connectivity index (χ4n) is 3.15. The number of hydrogen-bond acceptors (Lipinski definition) is 4. The molecule has 6 nitrogen and oxygen atoms in total. The van der Waals surface area contributed by atoms with Gasteiger partial charge in [-0.3, -0.25) is 14.9 Å². The molecule has 1 aromatic rings. The fraction of sp³-hybridized carbons (Fsp3) is 0.500. The number of fused-ring (bicyclic) bond motifs is 1. The number of nitro groups is 1. The van der Waals surface area contributed by atoms with Gasteiger partial charge in [-0.1, -0.05) is 6.07 Å². The van der Waals surface area contributed by atoms with Crippen LogP contribution in [0, 0.1) is 28.9 Å². The van der Waals surface area contributed by atoms with Crippen molar-refractivity contribution in [3.63, 3.8) is 0 Å². The Bertz CT molecular complexity index is 567. The van der Waals surface area contributed by atoms with Crippen LogP contribution in [0.25, 0.3) is 0 Å². The van der Waals surface area contributed by atoms with E-state index in [-0.39, 0.29) is 24.0 Å². The summed E-state index contributed by atoms with van der Waals surface area (Å²) in [4.78, 5) is 24.8. The number of rotatable bonds is 2. The Morgan fingerprint density at radius 3 is 2.52 bits per heavy atom. The van der Waals surface area contributed by atoms with Gasteiger partial charge in [-0.25, -0.2) is 0 Å². The molecule has 2 atom stereocenters. The molecule has 1 aromatic carbocycles. The lowest BCUT2D eigenvalue weighted by Gasteiger charge is -2.18. The van der Waals surface area contributed by atoms with Gasteiger partial charge in [0.25, 0.3) is 11.6 Å². The molecule has 21 heavy (non-hydrogen) atoms. The quantitative estimate of drug-likeness (QED) is 0.665. The van der Waals surface area contributed by atoms with Crippen LogP contribution in [0.2, 0.25) is 0 Å². The summed E-state index contributed by atoms with van der Waals surface area (Å²) in [6.45, 7) is 5.23. The van der Waals surface area contributed by atoms with Crippen LogP contribution < -0.4 is 5.32 Å². The van der Waals surface area contributed by atoms with Crippen molar-refractivity contribution in [2.45, 2.75) is 6.92 Å². The summed E-state index contributed by atoms with van der Waals surface area (Å²) < 4.78 is 0. The molecule has 3 rings (SSSR count). The van der Waals surface area contributed by atoms with Gasteiger partial charge in [0.1, 0.15) is 0 Å². The first-order valence-corrected chi connectivity index (χ1v) is 6.81. The molecule has 0 aliphatic carbocycles. The van der Waals surface area contributed by atoms with Crippen molar-refractivity contribution in [3.8, 4) is 0 Å². The number of likely N-dealkylation sites (tertiary alicyclic amines) is 1. The molecule has 2 fully saturated rings. The van der Waals surface area contributed by atoms with Gasteiger partial charge in [0.15, 0.2) is 0 Å². The van der Waals surface area contributed by atoms with E-state index in [0.717, 1.165) is 31.7 Å². The maximum atomic E-state index is 12.6. The largest absolute Gasteiger partial charge is 0.338 e. The van der Waals surface area contributed by atoms with Crippen LogP contribution in [0.15, 0.2) is 18.2 Å². The predicted octanol–water partition coefficient (Wildman–Crippen LogP) is 1.62. The van der Waals surface area contributed by atoms with Crippen LogP contribution in [-0.4, -0.2) is 41.9 Å². The maximum absolute atomic E-state index is 12.6. The highest BCUT2D eigenvalue weighted by atomic mass is 35.5. The molecule has 0 unspecified atom stereocenters. The van der Waals surface area contributed by atoms with Crippen LogP contribution >= 0.6 is 12.4 Å². The van der Waals surface area contributed by atoms with E-state index < -0.39 is 4.92 Å². The van der Waals surface area contributed by atoms with Crippen LogP contribution in [0.4, 0.5) is 5.69 Å². The monoisotopic (exact) mass is 311 g/mol. The maximum Gasteiger partial charge on any atom is 0.270 e. The molecule has 7 heteroatoms. The van der Waals surface area contributed by atoms with Gasteiger partial charge in [-0.05, 0) is 24.3 Å². The van der Waals surface area contributed by atoms with E-state index in [1.165, 1.54) is 12.1 Å². The van der Waals surface area contributed by atoms with Gasteiger partial charge in [0.2, 0.25) is 0 Å². The smallest absolute Gasteiger partial charge is 0.270 e. The third kappa shape index (κ3) is 2.87. The summed E-state index contributed by atoms with van der Waals surface area (Å²) >= 11 is 0. The molecule has 0 spiro atoms. The van der Waals surface area contributed by atoms with Gasteiger partial charge < -0.3 is 10.2 Å². The van der Waals surface area contributed by atoms with E-state index in [9.17, 15) is 14.9 Å². The highest BCUT2D eigenvalue weighted by molar-refractivity contribution is 5.96. The molecule has 0 aromatic heterocycles. The Balaban J connectivity index is 0.00000161. The highest BCUT2D eigenvalue weighted by Gasteiger charge is 2.38. The average Bonchev–Trinajstić information content (AvgIpc) is 2.98. The highest BCUT2D eigenvalue weighted by Crippen LogP contribution is 2.28. The zero-order chi connectivity index (χ0) is 14.3. The second-order valence-corrected chi connectivity index (χ2v) is 5.64. The molecule has 1 N–H and O–H groups in total. The van der Waals surface area contributed by atoms with E-state index >= 15 is 0 Å². The number of benzene rings is 1. The van der Waals surface area contributed by atoms with E-state index in [4.69, 9.17) is 0 Å².